The van der Waals surface area contributed by atoms with Crippen LogP contribution >= 0.6 is 0 Å². The quantitative estimate of drug-likeness (QED) is 0.428. The van der Waals surface area contributed by atoms with Gasteiger partial charge in [0, 0.05) is 18.7 Å². The summed E-state index contributed by atoms with van der Waals surface area (Å²) in [4.78, 5) is 30.3. The van der Waals surface area contributed by atoms with Gasteiger partial charge >= 0.3 is 12.2 Å². The van der Waals surface area contributed by atoms with Crippen molar-refractivity contribution in [1.29, 1.82) is 0 Å². The van der Waals surface area contributed by atoms with Crippen molar-refractivity contribution in [2.75, 3.05) is 25.0 Å². The molecular weight excluding hydrogens is 493 g/mol. The number of aromatic hydroxyl groups is 1. The maximum Gasteiger partial charge on any atom is 0.413 e. The van der Waals surface area contributed by atoms with Crippen molar-refractivity contribution in [2.45, 2.75) is 91.0 Å². The lowest BCUT2D eigenvalue weighted by Crippen LogP contribution is -2.41. The number of pyridine rings is 1. The van der Waals surface area contributed by atoms with Crippen molar-refractivity contribution in [1.82, 2.24) is 9.88 Å². The van der Waals surface area contributed by atoms with Crippen molar-refractivity contribution in [2.24, 2.45) is 0 Å². The van der Waals surface area contributed by atoms with E-state index in [-0.39, 0.29) is 23.9 Å². The van der Waals surface area contributed by atoms with Gasteiger partial charge in [-0.25, -0.2) is 14.0 Å². The Labute approximate surface area is 223 Å². The van der Waals surface area contributed by atoms with Gasteiger partial charge in [0.05, 0.1) is 18.0 Å². The van der Waals surface area contributed by atoms with E-state index in [0.717, 1.165) is 19.3 Å². The van der Waals surface area contributed by atoms with E-state index in [2.05, 4.69) is 10.3 Å². The highest BCUT2D eigenvalue weighted by molar-refractivity contribution is 5.94. The molecule has 9 nitrogen and oxygen atoms in total. The molecule has 1 aromatic carbocycles. The van der Waals surface area contributed by atoms with Crippen LogP contribution in [0, 0.1) is 5.82 Å². The maximum absolute atomic E-state index is 14.8. The molecular formula is C28H40FN3O6. The second kappa shape index (κ2) is 12.1. The molecule has 0 spiro atoms. The number of rotatable bonds is 6. The number of hydrogen-bond acceptors (Lipinski definition) is 7. The molecule has 2 N–H and O–H groups in total. The molecule has 3 rings (SSSR count). The number of nitrogens with zero attached hydrogens (tertiary/aromatic N) is 2. The van der Waals surface area contributed by atoms with Crippen molar-refractivity contribution >= 4 is 28.8 Å². The van der Waals surface area contributed by atoms with Crippen LogP contribution in [0.1, 0.15) is 72.8 Å². The molecule has 0 unspecified atom stereocenters. The van der Waals surface area contributed by atoms with Gasteiger partial charge in [-0.15, -0.1) is 0 Å². The number of fused-ring (bicyclic) bond motifs is 1. The average molecular weight is 534 g/mol. The number of hydrogen-bond donors (Lipinski definition) is 2. The van der Waals surface area contributed by atoms with Crippen molar-refractivity contribution in [3.05, 3.63) is 29.6 Å². The van der Waals surface area contributed by atoms with E-state index >= 15 is 0 Å². The van der Waals surface area contributed by atoms with E-state index in [9.17, 15) is 19.1 Å². The van der Waals surface area contributed by atoms with Crippen molar-refractivity contribution in [3.8, 4) is 5.88 Å². The van der Waals surface area contributed by atoms with E-state index in [1.54, 1.807) is 31.7 Å². The van der Waals surface area contributed by atoms with Crippen LogP contribution in [0.15, 0.2) is 18.2 Å². The summed E-state index contributed by atoms with van der Waals surface area (Å²) in [5.74, 6) is -0.721. The fourth-order valence-electron chi connectivity index (χ4n) is 4.32. The summed E-state index contributed by atoms with van der Waals surface area (Å²) < 4.78 is 31.6. The fourth-order valence-corrected chi connectivity index (χ4v) is 4.32. The topological polar surface area (TPSA) is 110 Å². The molecule has 1 aromatic heterocycles. The molecule has 10 heteroatoms. The first-order valence-electron chi connectivity index (χ1n) is 13.1. The molecule has 1 aliphatic rings. The Kier molecular flexibility index (Phi) is 9.40. The van der Waals surface area contributed by atoms with Gasteiger partial charge in [0.25, 0.3) is 0 Å². The number of halogens is 1. The zero-order chi connectivity index (χ0) is 28.1. The third kappa shape index (κ3) is 8.72. The van der Waals surface area contributed by atoms with Crippen LogP contribution < -0.4 is 5.32 Å². The minimum atomic E-state index is -0.702. The summed E-state index contributed by atoms with van der Waals surface area (Å²) in [5.41, 5.74) is -0.919. The molecule has 1 fully saturated rings. The van der Waals surface area contributed by atoms with Gasteiger partial charge in [-0.05, 0) is 91.2 Å². The number of benzene rings is 1. The molecule has 0 radical (unpaired) electrons. The maximum atomic E-state index is 14.8. The van der Waals surface area contributed by atoms with Gasteiger partial charge in [0.15, 0.2) is 0 Å². The number of anilines is 1. The number of aromatic nitrogens is 1. The summed E-state index contributed by atoms with van der Waals surface area (Å²) in [7, 11) is 0. The highest BCUT2D eigenvalue weighted by Gasteiger charge is 2.27. The van der Waals surface area contributed by atoms with Gasteiger partial charge in [-0.2, -0.15) is 4.98 Å². The summed E-state index contributed by atoms with van der Waals surface area (Å²) >= 11 is 0. The van der Waals surface area contributed by atoms with E-state index in [1.807, 2.05) is 20.8 Å². The minimum Gasteiger partial charge on any atom is -0.493 e. The number of ether oxygens (including phenoxy) is 3. The molecule has 0 saturated carbocycles. The van der Waals surface area contributed by atoms with Crippen molar-refractivity contribution in [3.63, 3.8) is 0 Å². The van der Waals surface area contributed by atoms with Crippen LogP contribution in [0.3, 0.4) is 0 Å². The van der Waals surface area contributed by atoms with E-state index in [1.165, 1.54) is 12.1 Å². The molecule has 2 amide bonds. The standard InChI is InChI=1S/C28H40FN3O6/c1-27(2,3)37-25(34)31-22-16-18-12-13-21(29)20(23(18)24(33)30-22)11-9-15-36-19-10-7-8-14-32(17-19)26(35)38-28(4,5)6/h12-13,16,19H,7-11,14-15,17H2,1-6H3,(H2,30,31,33,34)/t19-/m1/s1. The predicted molar refractivity (Wildman–Crippen MR) is 143 cm³/mol. The first-order chi connectivity index (χ1) is 17.7. The highest BCUT2D eigenvalue weighted by atomic mass is 19.1. The van der Waals surface area contributed by atoms with Crippen LogP contribution in [-0.4, -0.2) is 64.2 Å². The Bertz CT molecular complexity index is 1140. The summed E-state index contributed by atoms with van der Waals surface area (Å²) in [6.45, 7) is 12.2. The third-order valence-corrected chi connectivity index (χ3v) is 5.86. The second-order valence-corrected chi connectivity index (χ2v) is 11.6. The Morgan fingerprint density at radius 1 is 1.13 bits per heavy atom. The number of nitrogens with one attached hydrogen (secondary N) is 1. The van der Waals surface area contributed by atoms with Gasteiger partial charge in [0.2, 0.25) is 5.88 Å². The number of carbonyl (C=O) groups is 2. The van der Waals surface area contributed by atoms with Gasteiger partial charge < -0.3 is 24.2 Å². The molecule has 38 heavy (non-hydrogen) atoms. The molecule has 2 aromatic rings. The molecule has 2 heterocycles. The SMILES string of the molecule is CC(C)(C)OC(=O)Nc1cc2ccc(F)c(CCCO[C@@H]3CCCCN(C(=O)OC(C)(C)C)C3)c2c(O)n1. The molecule has 1 atom stereocenters. The molecule has 0 aliphatic carbocycles. The third-order valence-electron chi connectivity index (χ3n) is 5.86. The van der Waals surface area contributed by atoms with E-state index in [0.29, 0.717) is 48.9 Å². The average Bonchev–Trinajstić information content (AvgIpc) is 3.01. The number of likely N-dealkylation sites (tertiary alicyclic amines) is 1. The lowest BCUT2D eigenvalue weighted by molar-refractivity contribution is 0.000743. The van der Waals surface area contributed by atoms with Crippen molar-refractivity contribution < 1.29 is 33.3 Å². The largest absolute Gasteiger partial charge is 0.493 e. The first-order valence-corrected chi connectivity index (χ1v) is 13.1. The summed E-state index contributed by atoms with van der Waals surface area (Å²) in [6, 6.07) is 4.43. The normalized spacial score (nSPS) is 16.7. The Morgan fingerprint density at radius 2 is 1.84 bits per heavy atom. The summed E-state index contributed by atoms with van der Waals surface area (Å²) in [6.07, 6.45) is 2.33. The van der Waals surface area contributed by atoms with Gasteiger partial charge in [-0.3, -0.25) is 5.32 Å². The number of carbonyl (C=O) groups excluding carboxylic acids is 2. The molecule has 1 saturated heterocycles. The van der Waals surface area contributed by atoms with Crippen LogP contribution in [0.25, 0.3) is 10.8 Å². The lowest BCUT2D eigenvalue weighted by Gasteiger charge is -2.28. The Morgan fingerprint density at radius 3 is 2.53 bits per heavy atom. The zero-order valence-corrected chi connectivity index (χ0v) is 23.2. The van der Waals surface area contributed by atoms with E-state index < -0.39 is 23.1 Å². The molecule has 0 bridgehead atoms. The van der Waals surface area contributed by atoms with Crippen LogP contribution in [0.5, 0.6) is 5.88 Å². The zero-order valence-electron chi connectivity index (χ0n) is 23.2. The summed E-state index contributed by atoms with van der Waals surface area (Å²) in [5, 5.41) is 13.9. The molecule has 210 valence electrons. The fraction of sp³-hybridized carbons (Fsp3) is 0.607. The van der Waals surface area contributed by atoms with Crippen LogP contribution in [0.4, 0.5) is 19.8 Å². The smallest absolute Gasteiger partial charge is 0.413 e. The first kappa shape index (κ1) is 29.4. The van der Waals surface area contributed by atoms with Crippen LogP contribution in [0.2, 0.25) is 0 Å². The highest BCUT2D eigenvalue weighted by Crippen LogP contribution is 2.32. The van der Waals surface area contributed by atoms with Gasteiger partial charge in [0.1, 0.15) is 22.8 Å². The number of amides is 2. The number of aryl methyl sites for hydroxylation is 1. The second-order valence-electron chi connectivity index (χ2n) is 11.6. The Hall–Kier alpha value is -3.14. The predicted octanol–water partition coefficient (Wildman–Crippen LogP) is 6.17. The Balaban J connectivity index is 1.62. The minimum absolute atomic E-state index is 0.105. The van der Waals surface area contributed by atoms with Gasteiger partial charge in [-0.1, -0.05) is 6.07 Å². The lowest BCUT2D eigenvalue weighted by atomic mass is 10.0. The van der Waals surface area contributed by atoms with Crippen LogP contribution in [-0.2, 0) is 20.6 Å². The molecule has 1 aliphatic heterocycles. The monoisotopic (exact) mass is 533 g/mol. The van der Waals surface area contributed by atoms with E-state index in [4.69, 9.17) is 14.2 Å².